The van der Waals surface area contributed by atoms with Gasteiger partial charge in [-0.05, 0) is 24.4 Å². The van der Waals surface area contributed by atoms with Crippen molar-refractivity contribution in [2.45, 2.75) is 12.6 Å². The van der Waals surface area contributed by atoms with E-state index in [2.05, 4.69) is 70.9 Å². The molecule has 2 N–H and O–H groups in total. The molecule has 0 spiro atoms. The maximum absolute atomic E-state index is 5.60. The van der Waals surface area contributed by atoms with Crippen LogP contribution in [0.2, 0.25) is 0 Å². The molecule has 1 saturated heterocycles. The number of hydrogen-bond donors (Lipinski definition) is 2. The number of thiocarbonyl (C=S) groups is 1. The number of benzene rings is 2. The number of piperazine rings is 1. The minimum atomic E-state index is 0.356. The minimum Gasteiger partial charge on any atom is -0.467 e. The number of rotatable bonds is 5. The van der Waals surface area contributed by atoms with Crippen molar-refractivity contribution < 1.29 is 9.32 Å². The van der Waals surface area contributed by atoms with E-state index in [1.807, 2.05) is 12.1 Å². The Morgan fingerprint density at radius 3 is 2.07 bits per heavy atom. The average Bonchev–Trinajstić information content (AvgIpc) is 3.28. The van der Waals surface area contributed by atoms with E-state index in [0.717, 1.165) is 37.1 Å². The molecule has 144 valence electrons. The van der Waals surface area contributed by atoms with Crippen molar-refractivity contribution in [3.8, 4) is 0 Å². The number of nitrogens with one attached hydrogen (secondary N) is 2. The first-order valence-electron chi connectivity index (χ1n) is 9.81. The summed E-state index contributed by atoms with van der Waals surface area (Å²) < 4.78 is 5.37. The summed E-state index contributed by atoms with van der Waals surface area (Å²) in [5.74, 6) is 0.903. The highest BCUT2D eigenvalue weighted by Crippen LogP contribution is 2.19. The zero-order chi connectivity index (χ0) is 19.2. The molecule has 0 radical (unpaired) electrons. The van der Waals surface area contributed by atoms with E-state index < -0.39 is 0 Å². The predicted molar refractivity (Wildman–Crippen MR) is 115 cm³/mol. The molecule has 28 heavy (non-hydrogen) atoms. The summed E-state index contributed by atoms with van der Waals surface area (Å²) in [5.41, 5.74) is 2.74. The molecule has 2 heterocycles. The fourth-order valence-corrected chi connectivity index (χ4v) is 4.18. The molecule has 2 aromatic carbocycles. The highest BCUT2D eigenvalue weighted by atomic mass is 32.1. The van der Waals surface area contributed by atoms with Gasteiger partial charge in [-0.25, -0.2) is 0 Å². The van der Waals surface area contributed by atoms with Crippen molar-refractivity contribution in [2.24, 2.45) is 0 Å². The lowest BCUT2D eigenvalue weighted by atomic mass is 9.96. The van der Waals surface area contributed by atoms with Crippen LogP contribution in [0, 0.1) is 0 Å². The molecule has 1 aliphatic rings. The Kier molecular flexibility index (Phi) is 6.04. The lowest BCUT2D eigenvalue weighted by Crippen LogP contribution is -3.15. The SMILES string of the molecule is S=C(NCc1ccco1)N1CC[NH+](C(c2ccccc2)c2ccccc2)CC1. The van der Waals surface area contributed by atoms with Crippen molar-refractivity contribution >= 4 is 17.3 Å². The maximum Gasteiger partial charge on any atom is 0.169 e. The highest BCUT2D eigenvalue weighted by Gasteiger charge is 2.30. The second-order valence-corrected chi connectivity index (χ2v) is 7.52. The van der Waals surface area contributed by atoms with Crippen LogP contribution in [0.1, 0.15) is 22.9 Å². The number of quaternary nitrogens is 1. The van der Waals surface area contributed by atoms with Gasteiger partial charge in [-0.15, -0.1) is 0 Å². The number of furan rings is 1. The van der Waals surface area contributed by atoms with Crippen LogP contribution in [0.3, 0.4) is 0 Å². The maximum atomic E-state index is 5.60. The molecule has 4 rings (SSSR count). The molecule has 1 aromatic heterocycles. The second-order valence-electron chi connectivity index (χ2n) is 7.14. The van der Waals surface area contributed by atoms with Crippen molar-refractivity contribution in [1.82, 2.24) is 10.2 Å². The molecular formula is C23H26N3OS+. The average molecular weight is 393 g/mol. The topological polar surface area (TPSA) is 32.9 Å². The smallest absolute Gasteiger partial charge is 0.169 e. The molecule has 3 aromatic rings. The van der Waals surface area contributed by atoms with Crippen LogP contribution in [0.15, 0.2) is 83.5 Å². The Morgan fingerprint density at radius 1 is 0.929 bits per heavy atom. The van der Waals surface area contributed by atoms with Gasteiger partial charge in [0.25, 0.3) is 0 Å². The van der Waals surface area contributed by atoms with Crippen LogP contribution in [0.5, 0.6) is 0 Å². The summed E-state index contributed by atoms with van der Waals surface area (Å²) in [6, 6.07) is 25.9. The predicted octanol–water partition coefficient (Wildman–Crippen LogP) is 2.64. The van der Waals surface area contributed by atoms with Gasteiger partial charge >= 0.3 is 0 Å². The van der Waals surface area contributed by atoms with Crippen LogP contribution >= 0.6 is 12.2 Å². The van der Waals surface area contributed by atoms with Gasteiger partial charge in [-0.2, -0.15) is 0 Å². The van der Waals surface area contributed by atoms with Crippen LogP contribution < -0.4 is 10.2 Å². The molecule has 5 heteroatoms. The first-order chi connectivity index (χ1) is 13.8. The fraction of sp³-hybridized carbons (Fsp3) is 0.261. The quantitative estimate of drug-likeness (QED) is 0.654. The van der Waals surface area contributed by atoms with E-state index in [-0.39, 0.29) is 0 Å². The van der Waals surface area contributed by atoms with Crippen LogP contribution in [-0.4, -0.2) is 36.2 Å². The Hall–Kier alpha value is -2.63. The van der Waals surface area contributed by atoms with Gasteiger partial charge in [0.05, 0.1) is 39.0 Å². The summed E-state index contributed by atoms with van der Waals surface area (Å²) in [6.45, 7) is 4.65. The number of hydrogen-bond acceptors (Lipinski definition) is 2. The Labute approximate surface area is 171 Å². The molecular weight excluding hydrogens is 366 g/mol. The second kappa shape index (κ2) is 9.04. The van der Waals surface area contributed by atoms with Crippen molar-refractivity contribution in [2.75, 3.05) is 26.2 Å². The van der Waals surface area contributed by atoms with Gasteiger partial charge in [-0.3, -0.25) is 0 Å². The summed E-state index contributed by atoms with van der Waals surface area (Å²) in [7, 11) is 0. The fourth-order valence-electron chi connectivity index (χ4n) is 3.93. The molecule has 0 saturated carbocycles. The van der Waals surface area contributed by atoms with E-state index in [1.54, 1.807) is 11.2 Å². The third-order valence-electron chi connectivity index (χ3n) is 5.36. The van der Waals surface area contributed by atoms with Crippen molar-refractivity contribution in [3.05, 3.63) is 95.9 Å². The standard InChI is InChI=1S/C23H25N3OS/c28-23(24-18-21-12-7-17-27-21)26-15-13-25(14-16-26)22(19-8-3-1-4-9-19)20-10-5-2-6-11-20/h1-12,17,22H,13-16,18H2,(H,24,28)/p+1. The van der Waals surface area contributed by atoms with E-state index in [0.29, 0.717) is 12.6 Å². The van der Waals surface area contributed by atoms with E-state index in [9.17, 15) is 0 Å². The van der Waals surface area contributed by atoms with Gasteiger partial charge in [0.2, 0.25) is 0 Å². The molecule has 0 amide bonds. The van der Waals surface area contributed by atoms with Crippen LogP contribution in [-0.2, 0) is 6.54 Å². The van der Waals surface area contributed by atoms with Gasteiger partial charge in [0.15, 0.2) is 5.11 Å². The molecule has 0 unspecified atom stereocenters. The lowest BCUT2D eigenvalue weighted by molar-refractivity contribution is -0.929. The molecule has 0 aliphatic carbocycles. The largest absolute Gasteiger partial charge is 0.467 e. The van der Waals surface area contributed by atoms with Crippen LogP contribution in [0.25, 0.3) is 0 Å². The highest BCUT2D eigenvalue weighted by molar-refractivity contribution is 7.80. The zero-order valence-corrected chi connectivity index (χ0v) is 16.7. The third kappa shape index (κ3) is 4.43. The molecule has 0 bridgehead atoms. The normalized spacial score (nSPS) is 15.0. The lowest BCUT2D eigenvalue weighted by Gasteiger charge is -2.38. The summed E-state index contributed by atoms with van der Waals surface area (Å²) in [4.78, 5) is 3.86. The molecule has 4 nitrogen and oxygen atoms in total. The van der Waals surface area contributed by atoms with E-state index in [4.69, 9.17) is 16.6 Å². The molecule has 1 fully saturated rings. The molecule has 0 atom stereocenters. The summed E-state index contributed by atoms with van der Waals surface area (Å²) in [6.07, 6.45) is 1.69. The van der Waals surface area contributed by atoms with E-state index >= 15 is 0 Å². The zero-order valence-electron chi connectivity index (χ0n) is 15.9. The molecule has 1 aliphatic heterocycles. The van der Waals surface area contributed by atoms with Crippen molar-refractivity contribution in [3.63, 3.8) is 0 Å². The summed E-state index contributed by atoms with van der Waals surface area (Å²) >= 11 is 5.60. The third-order valence-corrected chi connectivity index (χ3v) is 5.76. The van der Waals surface area contributed by atoms with Gasteiger partial charge in [-0.1, -0.05) is 60.7 Å². The van der Waals surface area contributed by atoms with Gasteiger partial charge < -0.3 is 19.5 Å². The number of nitrogens with zero attached hydrogens (tertiary/aromatic N) is 1. The Bertz CT molecular complexity index is 820. The summed E-state index contributed by atoms with van der Waals surface area (Å²) in [5, 5.41) is 4.13. The minimum absolute atomic E-state index is 0.356. The first kappa shape index (κ1) is 18.7. The van der Waals surface area contributed by atoms with Gasteiger partial charge in [0.1, 0.15) is 11.8 Å². The van der Waals surface area contributed by atoms with E-state index in [1.165, 1.54) is 11.1 Å². The Balaban J connectivity index is 1.41. The monoisotopic (exact) mass is 392 g/mol. The van der Waals surface area contributed by atoms with Crippen molar-refractivity contribution in [1.29, 1.82) is 0 Å². The first-order valence-corrected chi connectivity index (χ1v) is 10.2. The van der Waals surface area contributed by atoms with Crippen LogP contribution in [0.4, 0.5) is 0 Å². The van der Waals surface area contributed by atoms with Gasteiger partial charge in [0, 0.05) is 11.1 Å². The Morgan fingerprint density at radius 2 is 1.54 bits per heavy atom.